The maximum Gasteiger partial charge on any atom is 0.416 e. The number of halogens is 3. The number of alkyl halides is 3. The Balaban J connectivity index is 1.68. The van der Waals surface area contributed by atoms with E-state index in [0.717, 1.165) is 17.7 Å². The van der Waals surface area contributed by atoms with Gasteiger partial charge in [-0.1, -0.05) is 29.8 Å². The number of nitrogens with zero attached hydrogens (tertiary/aromatic N) is 1. The largest absolute Gasteiger partial charge is 0.416 e. The molecular formula is C17H16F3NO2S. The molecule has 3 nitrogen and oxygen atoms in total. The van der Waals surface area contributed by atoms with Crippen molar-refractivity contribution < 1.29 is 21.6 Å². The predicted molar refractivity (Wildman–Crippen MR) is 84.0 cm³/mol. The summed E-state index contributed by atoms with van der Waals surface area (Å²) in [6, 6.07) is 11.3. The second kappa shape index (κ2) is 5.89. The fourth-order valence-corrected chi connectivity index (χ4v) is 4.16. The summed E-state index contributed by atoms with van der Waals surface area (Å²) in [4.78, 5) is 0.239. The van der Waals surface area contributed by atoms with Crippen molar-refractivity contribution >= 4 is 10.0 Å². The highest BCUT2D eigenvalue weighted by Crippen LogP contribution is 2.32. The number of rotatable bonds is 4. The van der Waals surface area contributed by atoms with Gasteiger partial charge in [-0.05, 0) is 43.2 Å². The van der Waals surface area contributed by atoms with Gasteiger partial charge >= 0.3 is 6.18 Å². The van der Waals surface area contributed by atoms with Crippen molar-refractivity contribution in [3.05, 3.63) is 65.2 Å². The molecular weight excluding hydrogens is 339 g/mol. The monoisotopic (exact) mass is 355 g/mol. The lowest BCUT2D eigenvalue weighted by Crippen LogP contribution is -2.15. The first kappa shape index (κ1) is 17.0. The maximum absolute atomic E-state index is 12.5. The first-order valence-electron chi connectivity index (χ1n) is 7.42. The molecule has 1 heterocycles. The molecule has 1 fully saturated rings. The number of hydrogen-bond donors (Lipinski definition) is 0. The summed E-state index contributed by atoms with van der Waals surface area (Å²) in [5.41, 5.74) is 0.960. The van der Waals surface area contributed by atoms with Gasteiger partial charge in [-0.15, -0.1) is 0 Å². The molecule has 2 aromatic rings. The third-order valence-corrected chi connectivity index (χ3v) is 5.98. The van der Waals surface area contributed by atoms with Crippen molar-refractivity contribution in [1.82, 2.24) is 4.31 Å². The second-order valence-corrected chi connectivity index (χ2v) is 7.83. The molecule has 7 heteroatoms. The van der Waals surface area contributed by atoms with E-state index in [4.69, 9.17) is 0 Å². The lowest BCUT2D eigenvalue weighted by atomic mass is 10.1. The lowest BCUT2D eigenvalue weighted by molar-refractivity contribution is -0.137. The minimum atomic E-state index is -4.36. The van der Waals surface area contributed by atoms with E-state index in [0.29, 0.717) is 18.5 Å². The minimum Gasteiger partial charge on any atom is -0.207 e. The van der Waals surface area contributed by atoms with Gasteiger partial charge in [0.25, 0.3) is 0 Å². The van der Waals surface area contributed by atoms with E-state index >= 15 is 0 Å². The van der Waals surface area contributed by atoms with Crippen LogP contribution >= 0.6 is 0 Å². The van der Waals surface area contributed by atoms with E-state index in [1.54, 1.807) is 24.3 Å². The van der Waals surface area contributed by atoms with Crippen molar-refractivity contribution in [1.29, 1.82) is 0 Å². The Morgan fingerprint density at radius 1 is 1.04 bits per heavy atom. The van der Waals surface area contributed by atoms with E-state index in [1.165, 1.54) is 16.4 Å². The topological polar surface area (TPSA) is 37.1 Å². The van der Waals surface area contributed by atoms with Gasteiger partial charge in [0.1, 0.15) is 0 Å². The quantitative estimate of drug-likeness (QED) is 0.786. The van der Waals surface area contributed by atoms with Gasteiger partial charge in [-0.25, -0.2) is 8.42 Å². The van der Waals surface area contributed by atoms with Gasteiger partial charge in [0.15, 0.2) is 0 Å². The van der Waals surface area contributed by atoms with Crippen LogP contribution in [0.15, 0.2) is 53.4 Å². The van der Waals surface area contributed by atoms with E-state index in [-0.39, 0.29) is 10.9 Å². The number of sulfonamides is 1. The van der Waals surface area contributed by atoms with Crippen LogP contribution in [0.2, 0.25) is 0 Å². The average molecular weight is 355 g/mol. The first-order valence-corrected chi connectivity index (χ1v) is 8.86. The van der Waals surface area contributed by atoms with Crippen molar-refractivity contribution in [3.63, 3.8) is 0 Å². The molecule has 0 spiro atoms. The number of benzene rings is 2. The van der Waals surface area contributed by atoms with Crippen LogP contribution in [-0.4, -0.2) is 25.3 Å². The molecule has 2 aromatic carbocycles. The van der Waals surface area contributed by atoms with E-state index in [1.807, 2.05) is 6.92 Å². The molecule has 0 bridgehead atoms. The van der Waals surface area contributed by atoms with Gasteiger partial charge in [0, 0.05) is 12.6 Å². The highest BCUT2D eigenvalue weighted by Gasteiger charge is 2.44. The van der Waals surface area contributed by atoms with Gasteiger partial charge < -0.3 is 0 Å². The van der Waals surface area contributed by atoms with Gasteiger partial charge in [0.05, 0.1) is 10.5 Å². The summed E-state index contributed by atoms with van der Waals surface area (Å²) in [6.07, 6.45) is -3.96. The Bertz CT molecular complexity index is 828. The maximum atomic E-state index is 12.5. The molecule has 0 saturated carbocycles. The standard InChI is InChI=1S/C17H16F3NO2S/c1-12-2-8-16(9-3-12)24(22,23)21-11-15(21)10-13-4-6-14(7-5-13)17(18,19)20/h2-9,15H,10-11H2,1H3. The summed E-state index contributed by atoms with van der Waals surface area (Å²) in [6.45, 7) is 2.26. The van der Waals surface area contributed by atoms with Crippen LogP contribution < -0.4 is 0 Å². The van der Waals surface area contributed by atoms with Crippen molar-refractivity contribution in [2.45, 2.75) is 30.5 Å². The average Bonchev–Trinajstić information content (AvgIpc) is 3.27. The summed E-state index contributed by atoms with van der Waals surface area (Å²) < 4.78 is 63.9. The zero-order chi connectivity index (χ0) is 17.5. The van der Waals surface area contributed by atoms with Crippen molar-refractivity contribution in [3.8, 4) is 0 Å². The lowest BCUT2D eigenvalue weighted by Gasteiger charge is -2.08. The Morgan fingerprint density at radius 3 is 2.17 bits per heavy atom. The molecule has 0 amide bonds. The Labute approximate surface area is 138 Å². The predicted octanol–water partition coefficient (Wildman–Crippen LogP) is 3.63. The van der Waals surface area contributed by atoms with Crippen LogP contribution in [0.5, 0.6) is 0 Å². The van der Waals surface area contributed by atoms with Crippen molar-refractivity contribution in [2.24, 2.45) is 0 Å². The summed E-state index contributed by atoms with van der Waals surface area (Å²) >= 11 is 0. The second-order valence-electron chi connectivity index (χ2n) is 5.94. The minimum absolute atomic E-state index is 0.201. The highest BCUT2D eigenvalue weighted by molar-refractivity contribution is 7.89. The molecule has 2 unspecified atom stereocenters. The van der Waals surface area contributed by atoms with Gasteiger partial charge in [-0.2, -0.15) is 17.5 Å². The third kappa shape index (κ3) is 3.47. The Morgan fingerprint density at radius 2 is 1.62 bits per heavy atom. The van der Waals surface area contributed by atoms with Crippen LogP contribution in [0.25, 0.3) is 0 Å². The molecule has 128 valence electrons. The smallest absolute Gasteiger partial charge is 0.207 e. The Hall–Kier alpha value is -1.86. The molecule has 1 saturated heterocycles. The molecule has 2 atom stereocenters. The normalized spacial score (nSPS) is 20.8. The van der Waals surface area contributed by atoms with Crippen LogP contribution in [0.4, 0.5) is 13.2 Å². The first-order chi connectivity index (χ1) is 11.2. The van der Waals surface area contributed by atoms with Crippen LogP contribution in [0.3, 0.4) is 0 Å². The highest BCUT2D eigenvalue weighted by atomic mass is 32.2. The van der Waals surface area contributed by atoms with Crippen LogP contribution in [0.1, 0.15) is 16.7 Å². The van der Waals surface area contributed by atoms with Crippen molar-refractivity contribution in [2.75, 3.05) is 6.54 Å². The molecule has 0 aliphatic carbocycles. The molecule has 3 rings (SSSR count). The van der Waals surface area contributed by atoms with Crippen LogP contribution in [-0.2, 0) is 22.6 Å². The van der Waals surface area contributed by atoms with Crippen LogP contribution in [0, 0.1) is 6.92 Å². The molecule has 1 aliphatic rings. The number of aryl methyl sites for hydroxylation is 1. The van der Waals surface area contributed by atoms with Gasteiger partial charge in [-0.3, -0.25) is 0 Å². The summed E-state index contributed by atoms with van der Waals surface area (Å²) in [5, 5.41) is 0. The Kier molecular flexibility index (Phi) is 4.17. The molecule has 0 aromatic heterocycles. The SMILES string of the molecule is Cc1ccc(S(=O)(=O)N2CC2Cc2ccc(C(F)(F)F)cc2)cc1. The molecule has 24 heavy (non-hydrogen) atoms. The van der Waals surface area contributed by atoms with E-state index in [2.05, 4.69) is 0 Å². The molecule has 0 radical (unpaired) electrons. The fourth-order valence-electron chi connectivity index (χ4n) is 2.57. The summed E-state index contributed by atoms with van der Waals surface area (Å²) in [7, 11) is -3.53. The summed E-state index contributed by atoms with van der Waals surface area (Å²) in [5.74, 6) is 0. The molecule has 0 N–H and O–H groups in total. The van der Waals surface area contributed by atoms with E-state index in [9.17, 15) is 21.6 Å². The third-order valence-electron chi connectivity index (χ3n) is 4.04. The van der Waals surface area contributed by atoms with Gasteiger partial charge in [0.2, 0.25) is 10.0 Å². The van der Waals surface area contributed by atoms with E-state index < -0.39 is 21.8 Å². The zero-order valence-electron chi connectivity index (χ0n) is 12.9. The fraction of sp³-hybridized carbons (Fsp3) is 0.294. The zero-order valence-corrected chi connectivity index (χ0v) is 13.7. The molecule has 1 aliphatic heterocycles. The number of hydrogen-bond acceptors (Lipinski definition) is 2.